The number of halogens is 1. The Balaban J connectivity index is 2.22. The maximum Gasteiger partial charge on any atom is 0.271 e. The molecule has 0 saturated carbocycles. The molecule has 9 heteroatoms. The smallest absolute Gasteiger partial charge is 0.271 e. The van der Waals surface area contributed by atoms with Gasteiger partial charge in [0.15, 0.2) is 0 Å². The van der Waals surface area contributed by atoms with Gasteiger partial charge >= 0.3 is 0 Å². The highest BCUT2D eigenvalue weighted by atomic mass is 35.5. The number of sulfonamides is 1. The molecule has 4 N–H and O–H groups in total. The van der Waals surface area contributed by atoms with Crippen LogP contribution in [0.4, 0.5) is 0 Å². The largest absolute Gasteiger partial charge is 0.507 e. The maximum atomic E-state index is 12.1. The zero-order valence-electron chi connectivity index (χ0n) is 12.5. The molecule has 1 amide bonds. The minimum absolute atomic E-state index is 0.0360. The molecule has 126 valence electrons. The van der Waals surface area contributed by atoms with Crippen molar-refractivity contribution in [3.05, 3.63) is 58.6 Å². The molecule has 0 atom stereocenters. The second kappa shape index (κ2) is 7.00. The van der Waals surface area contributed by atoms with Crippen molar-refractivity contribution in [1.29, 1.82) is 0 Å². The van der Waals surface area contributed by atoms with Gasteiger partial charge in [-0.3, -0.25) is 4.79 Å². The van der Waals surface area contributed by atoms with Gasteiger partial charge in [0.05, 0.1) is 10.6 Å². The van der Waals surface area contributed by atoms with Crippen molar-refractivity contribution < 1.29 is 18.3 Å². The zero-order chi connectivity index (χ0) is 17.9. The first kappa shape index (κ1) is 17.9. The number of benzene rings is 2. The lowest BCUT2D eigenvalue weighted by Crippen LogP contribution is -2.20. The third-order valence-corrected chi connectivity index (χ3v) is 4.24. The summed E-state index contributed by atoms with van der Waals surface area (Å²) < 4.78 is 22.6. The number of hydrogen-bond donors (Lipinski definition) is 3. The van der Waals surface area contributed by atoms with E-state index in [4.69, 9.17) is 16.7 Å². The van der Waals surface area contributed by atoms with E-state index >= 15 is 0 Å². The molecule has 0 spiro atoms. The number of nitrogens with one attached hydrogen (secondary N) is 1. The van der Waals surface area contributed by atoms with Crippen LogP contribution in [0.1, 0.15) is 22.8 Å². The first-order valence-electron chi connectivity index (χ1n) is 6.65. The van der Waals surface area contributed by atoms with Crippen LogP contribution in [0.15, 0.2) is 52.5 Å². The highest BCUT2D eigenvalue weighted by Crippen LogP contribution is 2.22. The van der Waals surface area contributed by atoms with E-state index in [2.05, 4.69) is 10.5 Å². The molecule has 0 aliphatic rings. The predicted octanol–water partition coefficient (Wildman–Crippen LogP) is 1.85. The molecule has 7 nitrogen and oxygen atoms in total. The number of primary sulfonamides is 1. The molecule has 0 aromatic heterocycles. The summed E-state index contributed by atoms with van der Waals surface area (Å²) in [6.07, 6.45) is 0. The minimum atomic E-state index is -3.91. The molecule has 2 rings (SSSR count). The monoisotopic (exact) mass is 367 g/mol. The molecule has 2 aromatic rings. The predicted molar refractivity (Wildman–Crippen MR) is 90.6 cm³/mol. The number of aromatic hydroxyl groups is 1. The first-order valence-corrected chi connectivity index (χ1v) is 8.57. The van der Waals surface area contributed by atoms with E-state index in [1.807, 2.05) is 0 Å². The normalized spacial score (nSPS) is 12.0. The van der Waals surface area contributed by atoms with Gasteiger partial charge in [-0.15, -0.1) is 0 Å². The van der Waals surface area contributed by atoms with Crippen molar-refractivity contribution in [1.82, 2.24) is 5.43 Å². The first-order chi connectivity index (χ1) is 11.2. The van der Waals surface area contributed by atoms with Gasteiger partial charge in [-0.1, -0.05) is 17.7 Å². The quantitative estimate of drug-likeness (QED) is 0.563. The van der Waals surface area contributed by atoms with E-state index in [0.717, 1.165) is 6.07 Å². The summed E-state index contributed by atoms with van der Waals surface area (Å²) in [6, 6.07) is 9.68. The Morgan fingerprint density at radius 3 is 2.62 bits per heavy atom. The molecule has 0 fully saturated rings. The topological polar surface area (TPSA) is 122 Å². The summed E-state index contributed by atoms with van der Waals surface area (Å²) in [5.74, 6) is -0.660. The lowest BCUT2D eigenvalue weighted by Gasteiger charge is -2.06. The highest BCUT2D eigenvalue weighted by Gasteiger charge is 2.12. The average molecular weight is 368 g/mol. The summed E-state index contributed by atoms with van der Waals surface area (Å²) in [7, 11) is -3.91. The van der Waals surface area contributed by atoms with E-state index in [1.54, 1.807) is 6.92 Å². The lowest BCUT2D eigenvalue weighted by molar-refractivity contribution is 0.0954. The average Bonchev–Trinajstić information content (AvgIpc) is 2.54. The molecule has 0 aliphatic heterocycles. The fourth-order valence-corrected chi connectivity index (χ4v) is 2.60. The number of hydrogen-bond acceptors (Lipinski definition) is 5. The van der Waals surface area contributed by atoms with Crippen LogP contribution in [0.2, 0.25) is 5.02 Å². The van der Waals surface area contributed by atoms with E-state index in [1.165, 1.54) is 36.4 Å². The van der Waals surface area contributed by atoms with Crippen LogP contribution in [0.25, 0.3) is 0 Å². The number of nitrogens with two attached hydrogens (primary N) is 1. The van der Waals surface area contributed by atoms with Crippen LogP contribution in [0, 0.1) is 0 Å². The Hall–Kier alpha value is -2.42. The molecule has 0 bridgehead atoms. The van der Waals surface area contributed by atoms with Gasteiger partial charge in [0.2, 0.25) is 10.0 Å². The van der Waals surface area contributed by atoms with Crippen molar-refractivity contribution >= 4 is 33.2 Å². The van der Waals surface area contributed by atoms with Crippen LogP contribution in [0.3, 0.4) is 0 Å². The van der Waals surface area contributed by atoms with E-state index < -0.39 is 15.9 Å². The number of hydrazone groups is 1. The van der Waals surface area contributed by atoms with Gasteiger partial charge in [-0.2, -0.15) is 5.10 Å². The van der Waals surface area contributed by atoms with Gasteiger partial charge in [0.1, 0.15) is 5.75 Å². The molecule has 0 unspecified atom stereocenters. The fourth-order valence-electron chi connectivity index (χ4n) is 1.87. The van der Waals surface area contributed by atoms with E-state index in [-0.39, 0.29) is 16.2 Å². The Morgan fingerprint density at radius 2 is 1.96 bits per heavy atom. The van der Waals surface area contributed by atoms with Crippen LogP contribution < -0.4 is 10.6 Å². The number of carbonyl (C=O) groups is 1. The number of phenols is 1. The van der Waals surface area contributed by atoms with Gasteiger partial charge in [-0.25, -0.2) is 19.0 Å². The standard InChI is InChI=1S/C15H14ClN3O4S/c1-9(13-8-11(16)5-6-14(13)20)18-19-15(21)10-3-2-4-12(7-10)24(17,22)23/h2-8,20H,1H3,(H,19,21)(H2,17,22,23). The van der Waals surface area contributed by atoms with Gasteiger partial charge in [-0.05, 0) is 43.3 Å². The molecule has 0 radical (unpaired) electrons. The SMILES string of the molecule is CC(=NNC(=O)c1cccc(S(N)(=O)=O)c1)c1cc(Cl)ccc1O. The van der Waals surface area contributed by atoms with Gasteiger partial charge < -0.3 is 5.11 Å². The minimum Gasteiger partial charge on any atom is -0.507 e. The van der Waals surface area contributed by atoms with Crippen molar-refractivity contribution in [3.63, 3.8) is 0 Å². The summed E-state index contributed by atoms with van der Waals surface area (Å²) in [4.78, 5) is 11.9. The Labute approximate surface area is 143 Å². The van der Waals surface area contributed by atoms with Crippen molar-refractivity contribution in [2.45, 2.75) is 11.8 Å². The second-order valence-corrected chi connectivity index (χ2v) is 6.87. The molecule has 24 heavy (non-hydrogen) atoms. The number of carbonyl (C=O) groups excluding carboxylic acids is 1. The molecule has 2 aromatic carbocycles. The Bertz CT molecular complexity index is 926. The van der Waals surface area contributed by atoms with Crippen molar-refractivity contribution in [2.75, 3.05) is 0 Å². The molecular weight excluding hydrogens is 354 g/mol. The van der Waals surface area contributed by atoms with Crippen LogP contribution in [-0.2, 0) is 10.0 Å². The molecule has 0 heterocycles. The number of nitrogens with zero attached hydrogens (tertiary/aromatic N) is 1. The van der Waals surface area contributed by atoms with Crippen LogP contribution in [0.5, 0.6) is 5.75 Å². The van der Waals surface area contributed by atoms with E-state index in [0.29, 0.717) is 16.3 Å². The summed E-state index contributed by atoms with van der Waals surface area (Å²) in [5.41, 5.74) is 3.05. The molecule has 0 saturated heterocycles. The summed E-state index contributed by atoms with van der Waals surface area (Å²) >= 11 is 5.86. The van der Waals surface area contributed by atoms with Gasteiger partial charge in [0.25, 0.3) is 5.91 Å². The maximum absolute atomic E-state index is 12.1. The highest BCUT2D eigenvalue weighted by molar-refractivity contribution is 7.89. The van der Waals surface area contributed by atoms with E-state index in [9.17, 15) is 18.3 Å². The van der Waals surface area contributed by atoms with Crippen molar-refractivity contribution in [3.8, 4) is 5.75 Å². The fraction of sp³-hybridized carbons (Fsp3) is 0.0667. The number of phenolic OH excluding ortho intramolecular Hbond substituents is 1. The van der Waals surface area contributed by atoms with Crippen molar-refractivity contribution in [2.24, 2.45) is 10.2 Å². The Morgan fingerprint density at radius 1 is 1.25 bits per heavy atom. The van der Waals surface area contributed by atoms with Crippen LogP contribution >= 0.6 is 11.6 Å². The zero-order valence-corrected chi connectivity index (χ0v) is 14.1. The van der Waals surface area contributed by atoms with Gasteiger partial charge in [0, 0.05) is 16.1 Å². The number of rotatable bonds is 4. The summed E-state index contributed by atoms with van der Waals surface area (Å²) in [6.45, 7) is 1.58. The molecule has 0 aliphatic carbocycles. The third-order valence-electron chi connectivity index (χ3n) is 3.10. The Kier molecular flexibility index (Phi) is 5.23. The molecular formula is C15H14ClN3O4S. The van der Waals surface area contributed by atoms with Crippen LogP contribution in [-0.4, -0.2) is 25.1 Å². The summed E-state index contributed by atoms with van der Waals surface area (Å²) in [5, 5.41) is 19.1. The second-order valence-electron chi connectivity index (χ2n) is 4.87. The number of amides is 1. The lowest BCUT2D eigenvalue weighted by atomic mass is 10.1. The third kappa shape index (κ3) is 4.31.